The SMILES string of the molecule is CCc1ccc2[nH]c(=O)c(C(c3nnnn3Cc3ccc(F)cc3)N3CCCCC3)cc2c1. The second-order valence-electron chi connectivity index (χ2n) is 8.65. The van der Waals surface area contributed by atoms with E-state index in [9.17, 15) is 9.18 Å². The summed E-state index contributed by atoms with van der Waals surface area (Å²) in [5.41, 5.74) is 3.45. The number of aromatic nitrogens is 5. The predicted octanol–water partition coefficient (Wildman–Crippen LogP) is 3.84. The molecule has 8 heteroatoms. The van der Waals surface area contributed by atoms with E-state index in [2.05, 4.69) is 38.4 Å². The molecule has 2 aromatic carbocycles. The molecule has 1 atom stereocenters. The first kappa shape index (κ1) is 21.5. The van der Waals surface area contributed by atoms with Crippen molar-refractivity contribution in [1.29, 1.82) is 0 Å². The monoisotopic (exact) mass is 446 g/mol. The van der Waals surface area contributed by atoms with E-state index in [-0.39, 0.29) is 17.4 Å². The number of nitrogens with one attached hydrogen (secondary N) is 1. The molecule has 0 radical (unpaired) electrons. The fraction of sp³-hybridized carbons (Fsp3) is 0.360. The summed E-state index contributed by atoms with van der Waals surface area (Å²) in [6.07, 6.45) is 4.25. The zero-order valence-corrected chi connectivity index (χ0v) is 18.7. The van der Waals surface area contributed by atoms with Crippen molar-refractivity contribution in [2.75, 3.05) is 13.1 Å². The number of H-pyrrole nitrogens is 1. The van der Waals surface area contributed by atoms with Crippen LogP contribution in [0.5, 0.6) is 0 Å². The van der Waals surface area contributed by atoms with Crippen molar-refractivity contribution in [3.8, 4) is 0 Å². The largest absolute Gasteiger partial charge is 0.322 e. The quantitative estimate of drug-likeness (QED) is 0.487. The van der Waals surface area contributed by atoms with Gasteiger partial charge >= 0.3 is 0 Å². The molecule has 0 amide bonds. The van der Waals surface area contributed by atoms with E-state index in [0.29, 0.717) is 17.9 Å². The van der Waals surface area contributed by atoms with Crippen molar-refractivity contribution < 1.29 is 4.39 Å². The Balaban J connectivity index is 1.61. The van der Waals surface area contributed by atoms with Crippen LogP contribution in [0.4, 0.5) is 4.39 Å². The third kappa shape index (κ3) is 4.43. The van der Waals surface area contributed by atoms with Gasteiger partial charge in [0.25, 0.3) is 5.56 Å². The minimum Gasteiger partial charge on any atom is -0.322 e. The maximum absolute atomic E-state index is 13.4. The fourth-order valence-corrected chi connectivity index (χ4v) is 4.65. The van der Waals surface area contributed by atoms with Gasteiger partial charge in [0.15, 0.2) is 5.82 Å². The van der Waals surface area contributed by atoms with Crippen LogP contribution in [0.15, 0.2) is 53.3 Å². The molecule has 1 fully saturated rings. The molecule has 5 rings (SSSR count). The number of hydrogen-bond donors (Lipinski definition) is 1. The lowest BCUT2D eigenvalue weighted by atomic mass is 9.99. The van der Waals surface area contributed by atoms with Gasteiger partial charge in [-0.05, 0) is 89.6 Å². The lowest BCUT2D eigenvalue weighted by molar-refractivity contribution is 0.177. The summed E-state index contributed by atoms with van der Waals surface area (Å²) in [5.74, 6) is 0.341. The van der Waals surface area contributed by atoms with Crippen molar-refractivity contribution in [2.45, 2.75) is 45.2 Å². The number of halogens is 1. The molecule has 0 bridgehead atoms. The molecule has 33 heavy (non-hydrogen) atoms. The number of likely N-dealkylation sites (tertiary alicyclic amines) is 1. The number of benzene rings is 2. The molecule has 1 saturated heterocycles. The summed E-state index contributed by atoms with van der Waals surface area (Å²) in [6, 6.07) is 14.1. The highest BCUT2D eigenvalue weighted by Crippen LogP contribution is 2.29. The van der Waals surface area contributed by atoms with Crippen molar-refractivity contribution >= 4 is 10.9 Å². The minimum absolute atomic E-state index is 0.126. The van der Waals surface area contributed by atoms with Gasteiger partial charge in [-0.2, -0.15) is 0 Å². The molecule has 1 aliphatic rings. The number of tetrazole rings is 1. The summed E-state index contributed by atoms with van der Waals surface area (Å²) in [7, 11) is 0. The van der Waals surface area contributed by atoms with Gasteiger partial charge in [-0.1, -0.05) is 31.5 Å². The van der Waals surface area contributed by atoms with Crippen LogP contribution in [0.2, 0.25) is 0 Å². The second kappa shape index (κ2) is 9.23. The number of nitrogens with zero attached hydrogens (tertiary/aromatic N) is 5. The van der Waals surface area contributed by atoms with Crippen molar-refractivity contribution in [2.24, 2.45) is 0 Å². The molecule has 0 aliphatic carbocycles. The van der Waals surface area contributed by atoms with Crippen LogP contribution >= 0.6 is 0 Å². The molecule has 1 N–H and O–H groups in total. The Morgan fingerprint density at radius 2 is 1.79 bits per heavy atom. The van der Waals surface area contributed by atoms with E-state index < -0.39 is 0 Å². The molecule has 2 aromatic heterocycles. The number of hydrogen-bond acceptors (Lipinski definition) is 5. The minimum atomic E-state index is -0.362. The van der Waals surface area contributed by atoms with Gasteiger partial charge in [0, 0.05) is 11.1 Å². The van der Waals surface area contributed by atoms with Gasteiger partial charge < -0.3 is 4.98 Å². The van der Waals surface area contributed by atoms with Crippen molar-refractivity contribution in [3.63, 3.8) is 0 Å². The number of pyridine rings is 1. The van der Waals surface area contributed by atoms with E-state index in [4.69, 9.17) is 0 Å². The van der Waals surface area contributed by atoms with Crippen LogP contribution in [0.1, 0.15) is 54.7 Å². The average molecular weight is 447 g/mol. The van der Waals surface area contributed by atoms with E-state index in [0.717, 1.165) is 48.8 Å². The first-order valence-electron chi connectivity index (χ1n) is 11.5. The highest BCUT2D eigenvalue weighted by atomic mass is 19.1. The molecule has 7 nitrogen and oxygen atoms in total. The van der Waals surface area contributed by atoms with E-state index >= 15 is 0 Å². The highest BCUT2D eigenvalue weighted by Gasteiger charge is 2.31. The van der Waals surface area contributed by atoms with Crippen molar-refractivity contribution in [3.05, 3.63) is 87.2 Å². The number of aromatic amines is 1. The van der Waals surface area contributed by atoms with Crippen LogP contribution in [0, 0.1) is 5.82 Å². The molecule has 1 unspecified atom stereocenters. The Morgan fingerprint density at radius 3 is 2.55 bits per heavy atom. The van der Waals surface area contributed by atoms with Gasteiger partial charge in [-0.15, -0.1) is 5.10 Å². The van der Waals surface area contributed by atoms with Gasteiger partial charge in [0.05, 0.1) is 6.54 Å². The molecular weight excluding hydrogens is 419 g/mol. The van der Waals surface area contributed by atoms with Crippen LogP contribution in [-0.4, -0.2) is 43.2 Å². The first-order valence-corrected chi connectivity index (χ1v) is 11.5. The number of rotatable bonds is 6. The van der Waals surface area contributed by atoms with Crippen LogP contribution in [0.3, 0.4) is 0 Å². The summed E-state index contributed by atoms with van der Waals surface area (Å²) in [4.78, 5) is 18.6. The Morgan fingerprint density at radius 1 is 1.03 bits per heavy atom. The van der Waals surface area contributed by atoms with Gasteiger partial charge in [0.1, 0.15) is 11.9 Å². The molecular formula is C25H27FN6O. The Bertz CT molecular complexity index is 1310. The Labute approximate surface area is 191 Å². The third-order valence-corrected chi connectivity index (χ3v) is 6.45. The first-order chi connectivity index (χ1) is 16.1. The molecule has 3 heterocycles. The molecule has 0 saturated carbocycles. The summed E-state index contributed by atoms with van der Waals surface area (Å²) in [6.45, 7) is 4.27. The summed E-state index contributed by atoms with van der Waals surface area (Å²) in [5, 5.41) is 13.5. The van der Waals surface area contributed by atoms with Crippen LogP contribution in [0.25, 0.3) is 10.9 Å². The lowest BCUT2D eigenvalue weighted by Gasteiger charge is -2.33. The molecule has 170 valence electrons. The number of aryl methyl sites for hydroxylation is 1. The van der Waals surface area contributed by atoms with Gasteiger partial charge in [-0.3, -0.25) is 9.69 Å². The van der Waals surface area contributed by atoms with E-state index in [1.165, 1.54) is 24.1 Å². The smallest absolute Gasteiger partial charge is 0.253 e. The number of piperidine rings is 1. The average Bonchev–Trinajstić information content (AvgIpc) is 3.29. The summed E-state index contributed by atoms with van der Waals surface area (Å²) < 4.78 is 15.1. The second-order valence-corrected chi connectivity index (χ2v) is 8.65. The van der Waals surface area contributed by atoms with Gasteiger partial charge in [-0.25, -0.2) is 9.07 Å². The van der Waals surface area contributed by atoms with Crippen LogP contribution in [-0.2, 0) is 13.0 Å². The fourth-order valence-electron chi connectivity index (χ4n) is 4.65. The normalized spacial score (nSPS) is 15.7. The third-order valence-electron chi connectivity index (χ3n) is 6.45. The Hall–Kier alpha value is -3.39. The maximum Gasteiger partial charge on any atom is 0.253 e. The highest BCUT2D eigenvalue weighted by molar-refractivity contribution is 5.80. The molecule has 1 aliphatic heterocycles. The van der Waals surface area contributed by atoms with E-state index in [1.54, 1.807) is 16.8 Å². The predicted molar refractivity (Wildman–Crippen MR) is 125 cm³/mol. The Kier molecular flexibility index (Phi) is 6.00. The zero-order valence-electron chi connectivity index (χ0n) is 18.7. The topological polar surface area (TPSA) is 79.7 Å². The summed E-state index contributed by atoms with van der Waals surface area (Å²) >= 11 is 0. The standard InChI is InChI=1S/C25H27FN6O/c1-2-17-8-11-22-19(14-17)15-21(25(33)27-22)23(31-12-4-3-5-13-31)24-28-29-30-32(24)16-18-6-9-20(26)10-7-18/h6-11,14-15,23H,2-5,12-13,16H2,1H3,(H,27,33). The molecule has 4 aromatic rings. The van der Waals surface area contributed by atoms with E-state index in [1.807, 2.05) is 18.2 Å². The number of fused-ring (bicyclic) bond motifs is 1. The molecule has 0 spiro atoms. The van der Waals surface area contributed by atoms with Crippen LogP contribution < -0.4 is 5.56 Å². The lowest BCUT2D eigenvalue weighted by Crippen LogP contribution is -2.38. The zero-order chi connectivity index (χ0) is 22.8. The maximum atomic E-state index is 13.4. The van der Waals surface area contributed by atoms with Crippen molar-refractivity contribution in [1.82, 2.24) is 30.1 Å². The van der Waals surface area contributed by atoms with Gasteiger partial charge in [0.2, 0.25) is 0 Å².